The maximum atomic E-state index is 14.5. The van der Waals surface area contributed by atoms with Crippen LogP contribution in [0.15, 0.2) is 147 Å². The Morgan fingerprint density at radius 2 is 0.935 bits per heavy atom. The van der Waals surface area contributed by atoms with Crippen LogP contribution in [-0.4, -0.2) is 11.7 Å². The Morgan fingerprint density at radius 3 is 1.48 bits per heavy atom. The van der Waals surface area contributed by atoms with Crippen molar-refractivity contribution in [1.82, 2.24) is 5.32 Å². The molecular formula is C38H24Br3Cl2NO2. The van der Waals surface area contributed by atoms with Crippen molar-refractivity contribution >= 4 is 93.8 Å². The number of benzene rings is 5. The SMILES string of the molecule is O=C(/C1=C/NC(=O)C(c2ccc(Br)cc2)/C(c2ccc(Cl)cc2)=C(/c2ccc(Br)cc2)C1c1ccc(Cl)cc1)c1ccc(Br)cc1. The largest absolute Gasteiger partial charge is 0.331 e. The lowest BCUT2D eigenvalue weighted by Crippen LogP contribution is -2.31. The Balaban J connectivity index is 1.75. The first-order chi connectivity index (χ1) is 22.2. The molecule has 0 saturated heterocycles. The molecule has 1 aliphatic rings. The highest BCUT2D eigenvalue weighted by molar-refractivity contribution is 9.11. The van der Waals surface area contributed by atoms with Crippen LogP contribution in [0.1, 0.15) is 44.4 Å². The smallest absolute Gasteiger partial charge is 0.235 e. The van der Waals surface area contributed by atoms with Gasteiger partial charge in [-0.25, -0.2) is 0 Å². The number of halogens is 5. The fourth-order valence-corrected chi connectivity index (χ4v) is 6.80. The van der Waals surface area contributed by atoms with E-state index < -0.39 is 11.8 Å². The number of hydrogen-bond donors (Lipinski definition) is 1. The van der Waals surface area contributed by atoms with E-state index in [4.69, 9.17) is 23.2 Å². The number of rotatable bonds is 6. The molecule has 0 fully saturated rings. The number of nitrogens with one attached hydrogen (secondary N) is 1. The second-order valence-corrected chi connectivity index (χ2v) is 14.4. The second-order valence-electron chi connectivity index (χ2n) is 10.8. The first kappa shape index (κ1) is 32.7. The fourth-order valence-electron chi connectivity index (χ4n) is 5.76. The quantitative estimate of drug-likeness (QED) is 0.173. The van der Waals surface area contributed by atoms with Crippen LogP contribution in [0.5, 0.6) is 0 Å². The highest BCUT2D eigenvalue weighted by atomic mass is 79.9. The van der Waals surface area contributed by atoms with Gasteiger partial charge in [0.1, 0.15) is 0 Å². The molecule has 1 amide bonds. The highest BCUT2D eigenvalue weighted by Crippen LogP contribution is 2.49. The molecule has 0 aliphatic carbocycles. The Morgan fingerprint density at radius 1 is 0.543 bits per heavy atom. The van der Waals surface area contributed by atoms with Crippen molar-refractivity contribution in [3.8, 4) is 0 Å². The Kier molecular flexibility index (Phi) is 10.1. The van der Waals surface area contributed by atoms with Gasteiger partial charge in [-0.05, 0) is 106 Å². The molecule has 46 heavy (non-hydrogen) atoms. The molecule has 0 spiro atoms. The summed E-state index contributed by atoms with van der Waals surface area (Å²) < 4.78 is 2.66. The summed E-state index contributed by atoms with van der Waals surface area (Å²) in [5.74, 6) is -1.81. The fraction of sp³-hybridized carbons (Fsp3) is 0.0526. The van der Waals surface area contributed by atoms with E-state index in [-0.39, 0.29) is 11.7 Å². The molecule has 5 aromatic carbocycles. The van der Waals surface area contributed by atoms with Crippen LogP contribution in [0.4, 0.5) is 0 Å². The summed E-state index contributed by atoms with van der Waals surface area (Å²) in [5.41, 5.74) is 5.79. The van der Waals surface area contributed by atoms with Crippen molar-refractivity contribution in [2.45, 2.75) is 11.8 Å². The lowest BCUT2D eigenvalue weighted by molar-refractivity contribution is -0.120. The van der Waals surface area contributed by atoms with E-state index in [1.807, 2.05) is 109 Å². The molecule has 228 valence electrons. The molecule has 6 rings (SSSR count). The van der Waals surface area contributed by atoms with E-state index >= 15 is 0 Å². The average molecular weight is 837 g/mol. The maximum Gasteiger partial charge on any atom is 0.235 e. The normalized spacial score (nSPS) is 19.4. The minimum atomic E-state index is -0.733. The summed E-state index contributed by atoms with van der Waals surface area (Å²) in [6, 6.07) is 37.9. The molecule has 0 saturated carbocycles. The van der Waals surface area contributed by atoms with Gasteiger partial charge in [0, 0.05) is 46.7 Å². The second kappa shape index (κ2) is 14.2. The number of allylic oxidation sites excluding steroid dienone is 2. The molecule has 0 bridgehead atoms. The van der Waals surface area contributed by atoms with Gasteiger partial charge in [0.2, 0.25) is 5.91 Å². The van der Waals surface area contributed by atoms with E-state index in [9.17, 15) is 9.59 Å². The summed E-state index contributed by atoms with van der Waals surface area (Å²) in [5, 5.41) is 4.18. The summed E-state index contributed by atoms with van der Waals surface area (Å²) in [6.45, 7) is 0. The zero-order chi connectivity index (χ0) is 32.4. The number of ketones is 1. The van der Waals surface area contributed by atoms with Crippen LogP contribution in [-0.2, 0) is 4.79 Å². The number of carbonyl (C=O) groups excluding carboxylic acids is 2. The standard InChI is InChI=1S/C38H24Br3Cl2NO2/c39-27-11-1-23(2-12-27)34-33(22-7-17-30(42)18-8-22)32(37(45)26-5-15-29(41)16-6-26)21-44-38(46)36(25-3-13-28(40)14-4-25)35(34)24-9-19-31(43)20-10-24/h1-21,33,36H,(H,44,46)/b32-21+,35-34-. The minimum absolute atomic E-state index is 0.208. The van der Waals surface area contributed by atoms with Gasteiger partial charge in [-0.2, -0.15) is 0 Å². The van der Waals surface area contributed by atoms with Crippen LogP contribution in [0, 0.1) is 0 Å². The number of carbonyl (C=O) groups is 2. The minimum Gasteiger partial charge on any atom is -0.331 e. The van der Waals surface area contributed by atoms with Gasteiger partial charge in [0.15, 0.2) is 5.78 Å². The van der Waals surface area contributed by atoms with Crippen LogP contribution in [0.3, 0.4) is 0 Å². The van der Waals surface area contributed by atoms with E-state index in [2.05, 4.69) is 53.1 Å². The lowest BCUT2D eigenvalue weighted by Gasteiger charge is -2.33. The monoisotopic (exact) mass is 833 g/mol. The third kappa shape index (κ3) is 7.02. The van der Waals surface area contributed by atoms with Crippen molar-refractivity contribution in [3.05, 3.63) is 184 Å². The van der Waals surface area contributed by atoms with Crippen LogP contribution < -0.4 is 5.32 Å². The third-order valence-corrected chi connectivity index (χ3v) is 9.99. The molecule has 1 aliphatic heterocycles. The molecule has 0 aromatic heterocycles. The van der Waals surface area contributed by atoms with Crippen molar-refractivity contribution in [1.29, 1.82) is 0 Å². The summed E-state index contributed by atoms with van der Waals surface area (Å²) in [7, 11) is 0. The van der Waals surface area contributed by atoms with Crippen molar-refractivity contribution < 1.29 is 9.59 Å². The zero-order valence-electron chi connectivity index (χ0n) is 24.0. The summed E-state index contributed by atoms with van der Waals surface area (Å²) in [6.07, 6.45) is 1.58. The van der Waals surface area contributed by atoms with Gasteiger partial charge < -0.3 is 5.32 Å². The molecule has 1 N–H and O–H groups in total. The molecule has 3 nitrogen and oxygen atoms in total. The van der Waals surface area contributed by atoms with Gasteiger partial charge in [-0.3, -0.25) is 9.59 Å². The zero-order valence-corrected chi connectivity index (χ0v) is 30.3. The van der Waals surface area contributed by atoms with Gasteiger partial charge >= 0.3 is 0 Å². The maximum absolute atomic E-state index is 14.5. The van der Waals surface area contributed by atoms with E-state index in [0.29, 0.717) is 21.2 Å². The first-order valence-corrected chi connectivity index (χ1v) is 17.4. The highest BCUT2D eigenvalue weighted by Gasteiger charge is 2.37. The predicted octanol–water partition coefficient (Wildman–Crippen LogP) is 11.7. The molecular weight excluding hydrogens is 813 g/mol. The van der Waals surface area contributed by atoms with Gasteiger partial charge in [-0.15, -0.1) is 0 Å². The van der Waals surface area contributed by atoms with E-state index in [0.717, 1.165) is 46.8 Å². The van der Waals surface area contributed by atoms with Gasteiger partial charge in [0.25, 0.3) is 0 Å². The predicted molar refractivity (Wildman–Crippen MR) is 198 cm³/mol. The molecule has 1 heterocycles. The van der Waals surface area contributed by atoms with Crippen LogP contribution in [0.2, 0.25) is 10.0 Å². The first-order valence-electron chi connectivity index (χ1n) is 14.3. The molecule has 2 unspecified atom stereocenters. The average Bonchev–Trinajstić information content (AvgIpc) is 3.05. The molecule has 5 aromatic rings. The molecule has 0 radical (unpaired) electrons. The number of hydrogen-bond acceptors (Lipinski definition) is 2. The van der Waals surface area contributed by atoms with Crippen molar-refractivity contribution in [3.63, 3.8) is 0 Å². The van der Waals surface area contributed by atoms with Gasteiger partial charge in [0.05, 0.1) is 5.92 Å². The van der Waals surface area contributed by atoms with Crippen LogP contribution in [0.25, 0.3) is 11.1 Å². The summed E-state index contributed by atoms with van der Waals surface area (Å²) in [4.78, 5) is 28.9. The van der Waals surface area contributed by atoms with Crippen molar-refractivity contribution in [2.75, 3.05) is 0 Å². The van der Waals surface area contributed by atoms with Crippen molar-refractivity contribution in [2.24, 2.45) is 0 Å². The topological polar surface area (TPSA) is 46.2 Å². The number of amides is 1. The lowest BCUT2D eigenvalue weighted by atomic mass is 9.71. The molecule has 8 heteroatoms. The third-order valence-electron chi connectivity index (χ3n) is 7.90. The summed E-state index contributed by atoms with van der Waals surface area (Å²) >= 11 is 23.4. The van der Waals surface area contributed by atoms with Gasteiger partial charge in [-0.1, -0.05) is 120 Å². The Bertz CT molecular complexity index is 1970. The Hall–Kier alpha value is -3.26. The van der Waals surface area contributed by atoms with Crippen LogP contribution >= 0.6 is 71.0 Å². The number of Topliss-reactive ketones (excluding diaryl/α,β-unsaturated/α-hetero) is 1. The Labute approximate surface area is 302 Å². The molecule has 2 atom stereocenters. The van der Waals surface area contributed by atoms with E-state index in [1.165, 1.54) is 0 Å². The van der Waals surface area contributed by atoms with E-state index in [1.54, 1.807) is 18.3 Å².